The Morgan fingerprint density at radius 1 is 1.26 bits per heavy atom. The van der Waals surface area contributed by atoms with Crippen molar-refractivity contribution in [2.24, 2.45) is 5.92 Å². The second-order valence-corrected chi connectivity index (χ2v) is 7.08. The van der Waals surface area contributed by atoms with E-state index in [-0.39, 0.29) is 5.91 Å². The minimum Gasteiger partial charge on any atom is -0.339 e. The Labute approximate surface area is 157 Å². The van der Waals surface area contributed by atoms with Crippen LogP contribution in [0.25, 0.3) is 17.3 Å². The molecule has 0 bridgehead atoms. The zero-order valence-electron chi connectivity index (χ0n) is 15.7. The van der Waals surface area contributed by atoms with Crippen LogP contribution in [0, 0.1) is 19.8 Å². The van der Waals surface area contributed by atoms with Crippen LogP contribution in [0.5, 0.6) is 0 Å². The molecule has 3 aromatic heterocycles. The van der Waals surface area contributed by atoms with Gasteiger partial charge in [-0.05, 0) is 44.7 Å². The molecule has 1 fully saturated rings. The number of hydrogen-bond donors (Lipinski definition) is 0. The molecule has 1 saturated heterocycles. The SMILES string of the molecule is Cc1noc(-c2ccnc(-n3ncc(C(=O)N4CCC(C)CC4)c3C)c2)n1. The number of piperidine rings is 1. The fourth-order valence-corrected chi connectivity index (χ4v) is 3.31. The molecule has 4 rings (SSSR count). The summed E-state index contributed by atoms with van der Waals surface area (Å²) < 4.78 is 6.90. The number of carbonyl (C=O) groups is 1. The molecule has 0 unspecified atom stereocenters. The van der Waals surface area contributed by atoms with E-state index in [0.29, 0.717) is 29.0 Å². The van der Waals surface area contributed by atoms with E-state index >= 15 is 0 Å². The summed E-state index contributed by atoms with van der Waals surface area (Å²) in [4.78, 5) is 23.4. The van der Waals surface area contributed by atoms with E-state index in [1.54, 1.807) is 30.1 Å². The van der Waals surface area contributed by atoms with E-state index < -0.39 is 0 Å². The number of nitrogens with zero attached hydrogens (tertiary/aromatic N) is 6. The Balaban J connectivity index is 1.62. The van der Waals surface area contributed by atoms with E-state index in [1.807, 2.05) is 17.9 Å². The Morgan fingerprint density at radius 2 is 2.04 bits per heavy atom. The molecule has 27 heavy (non-hydrogen) atoms. The van der Waals surface area contributed by atoms with Crippen LogP contribution >= 0.6 is 0 Å². The van der Waals surface area contributed by atoms with Crippen molar-refractivity contribution < 1.29 is 9.32 Å². The highest BCUT2D eigenvalue weighted by molar-refractivity contribution is 5.95. The van der Waals surface area contributed by atoms with Gasteiger partial charge in [-0.1, -0.05) is 12.1 Å². The predicted molar refractivity (Wildman–Crippen MR) is 98.4 cm³/mol. The number of amides is 1. The van der Waals surface area contributed by atoms with Gasteiger partial charge in [0.1, 0.15) is 0 Å². The zero-order valence-corrected chi connectivity index (χ0v) is 15.7. The van der Waals surface area contributed by atoms with Crippen molar-refractivity contribution in [1.82, 2.24) is 29.8 Å². The summed E-state index contributed by atoms with van der Waals surface area (Å²) in [5.74, 6) is 2.32. The lowest BCUT2D eigenvalue weighted by Crippen LogP contribution is -2.38. The smallest absolute Gasteiger partial charge is 0.258 e. The van der Waals surface area contributed by atoms with Crippen molar-refractivity contribution in [3.05, 3.63) is 41.6 Å². The van der Waals surface area contributed by atoms with Gasteiger partial charge >= 0.3 is 0 Å². The normalized spacial score (nSPS) is 15.3. The van der Waals surface area contributed by atoms with Crippen molar-refractivity contribution in [1.29, 1.82) is 0 Å². The summed E-state index contributed by atoms with van der Waals surface area (Å²) in [5, 5.41) is 8.22. The lowest BCUT2D eigenvalue weighted by Gasteiger charge is -2.30. The molecule has 0 N–H and O–H groups in total. The van der Waals surface area contributed by atoms with Gasteiger partial charge in [-0.15, -0.1) is 0 Å². The standard InChI is InChI=1S/C19H22N6O2/c1-12-5-8-24(9-6-12)19(26)16-11-21-25(13(16)2)17-10-15(4-7-20-17)18-22-14(3)23-27-18/h4,7,10-12H,5-6,8-9H2,1-3H3. The van der Waals surface area contributed by atoms with Crippen LogP contribution < -0.4 is 0 Å². The summed E-state index contributed by atoms with van der Waals surface area (Å²) in [6.45, 7) is 7.49. The van der Waals surface area contributed by atoms with Crippen LogP contribution in [0.4, 0.5) is 0 Å². The van der Waals surface area contributed by atoms with Gasteiger partial charge in [-0.2, -0.15) is 10.1 Å². The largest absolute Gasteiger partial charge is 0.339 e. The van der Waals surface area contributed by atoms with Crippen molar-refractivity contribution in [3.63, 3.8) is 0 Å². The molecule has 0 spiro atoms. The molecular weight excluding hydrogens is 344 g/mol. The first-order valence-corrected chi connectivity index (χ1v) is 9.14. The predicted octanol–water partition coefficient (Wildman–Crippen LogP) is 2.81. The van der Waals surface area contributed by atoms with Crippen LogP contribution in [-0.4, -0.2) is 48.8 Å². The third-order valence-corrected chi connectivity index (χ3v) is 5.05. The van der Waals surface area contributed by atoms with Crippen LogP contribution in [0.15, 0.2) is 29.0 Å². The maximum absolute atomic E-state index is 12.9. The summed E-state index contributed by atoms with van der Waals surface area (Å²) in [5.41, 5.74) is 2.14. The van der Waals surface area contributed by atoms with Gasteiger partial charge in [-0.25, -0.2) is 9.67 Å². The molecule has 0 radical (unpaired) electrons. The van der Waals surface area contributed by atoms with Gasteiger partial charge in [-0.3, -0.25) is 4.79 Å². The molecule has 4 heterocycles. The topological polar surface area (TPSA) is 89.9 Å². The van der Waals surface area contributed by atoms with E-state index in [1.165, 1.54) is 0 Å². The van der Waals surface area contributed by atoms with Gasteiger partial charge in [0.15, 0.2) is 11.6 Å². The highest BCUT2D eigenvalue weighted by atomic mass is 16.5. The van der Waals surface area contributed by atoms with Crippen molar-refractivity contribution in [3.8, 4) is 17.3 Å². The van der Waals surface area contributed by atoms with Crippen molar-refractivity contribution in [2.75, 3.05) is 13.1 Å². The molecule has 8 heteroatoms. The van der Waals surface area contributed by atoms with Crippen LogP contribution in [0.3, 0.4) is 0 Å². The first-order valence-electron chi connectivity index (χ1n) is 9.14. The molecule has 0 atom stereocenters. The van der Waals surface area contributed by atoms with Crippen molar-refractivity contribution in [2.45, 2.75) is 33.6 Å². The van der Waals surface area contributed by atoms with Gasteiger partial charge in [0, 0.05) is 24.8 Å². The number of aryl methyl sites for hydroxylation is 1. The van der Waals surface area contributed by atoms with Crippen LogP contribution in [-0.2, 0) is 0 Å². The van der Waals surface area contributed by atoms with E-state index in [9.17, 15) is 4.79 Å². The summed E-state index contributed by atoms with van der Waals surface area (Å²) in [6.07, 6.45) is 5.39. The minimum atomic E-state index is 0.0364. The first-order chi connectivity index (χ1) is 13.0. The van der Waals surface area contributed by atoms with Gasteiger partial charge in [0.2, 0.25) is 0 Å². The van der Waals surface area contributed by atoms with Crippen LogP contribution in [0.1, 0.15) is 41.6 Å². The second-order valence-electron chi connectivity index (χ2n) is 7.08. The molecule has 0 saturated carbocycles. The maximum atomic E-state index is 12.9. The first kappa shape index (κ1) is 17.4. The lowest BCUT2D eigenvalue weighted by molar-refractivity contribution is 0.0696. The molecule has 3 aromatic rings. The molecule has 8 nitrogen and oxygen atoms in total. The Bertz CT molecular complexity index is 968. The fourth-order valence-electron chi connectivity index (χ4n) is 3.31. The maximum Gasteiger partial charge on any atom is 0.258 e. The number of carbonyl (C=O) groups excluding carboxylic acids is 1. The van der Waals surface area contributed by atoms with E-state index in [2.05, 4.69) is 27.1 Å². The summed E-state index contributed by atoms with van der Waals surface area (Å²) in [6, 6.07) is 3.63. The molecule has 0 aliphatic carbocycles. The van der Waals surface area contributed by atoms with Gasteiger partial charge in [0.25, 0.3) is 11.8 Å². The van der Waals surface area contributed by atoms with Gasteiger partial charge in [0.05, 0.1) is 17.5 Å². The lowest BCUT2D eigenvalue weighted by atomic mass is 9.99. The summed E-state index contributed by atoms with van der Waals surface area (Å²) in [7, 11) is 0. The third kappa shape index (κ3) is 3.34. The quantitative estimate of drug-likeness (QED) is 0.708. The fraction of sp³-hybridized carbons (Fsp3) is 0.421. The molecule has 1 aliphatic rings. The third-order valence-electron chi connectivity index (χ3n) is 5.05. The van der Waals surface area contributed by atoms with E-state index in [4.69, 9.17) is 4.52 Å². The second kappa shape index (κ2) is 6.94. The number of pyridine rings is 1. The Morgan fingerprint density at radius 3 is 2.74 bits per heavy atom. The number of rotatable bonds is 3. The number of hydrogen-bond acceptors (Lipinski definition) is 6. The molecule has 1 amide bonds. The molecule has 0 aromatic carbocycles. The average Bonchev–Trinajstić information content (AvgIpc) is 3.28. The number of likely N-dealkylation sites (tertiary alicyclic amines) is 1. The summed E-state index contributed by atoms with van der Waals surface area (Å²) >= 11 is 0. The van der Waals surface area contributed by atoms with E-state index in [0.717, 1.165) is 37.2 Å². The number of aromatic nitrogens is 5. The molecular formula is C19H22N6O2. The Hall–Kier alpha value is -3.03. The minimum absolute atomic E-state index is 0.0364. The highest BCUT2D eigenvalue weighted by Gasteiger charge is 2.25. The van der Waals surface area contributed by atoms with Gasteiger partial charge < -0.3 is 9.42 Å². The molecule has 1 aliphatic heterocycles. The average molecular weight is 366 g/mol. The van der Waals surface area contributed by atoms with Crippen LogP contribution in [0.2, 0.25) is 0 Å². The van der Waals surface area contributed by atoms with Crippen molar-refractivity contribution >= 4 is 5.91 Å². The Kier molecular flexibility index (Phi) is 4.47. The zero-order chi connectivity index (χ0) is 19.0. The highest BCUT2D eigenvalue weighted by Crippen LogP contribution is 2.22. The molecule has 140 valence electrons. The monoisotopic (exact) mass is 366 g/mol.